The summed E-state index contributed by atoms with van der Waals surface area (Å²) in [6.45, 7) is 8.13. The maximum absolute atomic E-state index is 12.8. The van der Waals surface area contributed by atoms with E-state index in [1.807, 2.05) is 33.8 Å². The van der Waals surface area contributed by atoms with Crippen molar-refractivity contribution in [2.75, 3.05) is 7.11 Å². The summed E-state index contributed by atoms with van der Waals surface area (Å²) in [5.74, 6) is -0.410. The highest BCUT2D eigenvalue weighted by Crippen LogP contribution is 2.31. The Morgan fingerprint density at radius 1 is 1.21 bits per heavy atom. The van der Waals surface area contributed by atoms with Crippen molar-refractivity contribution in [2.24, 2.45) is 11.8 Å². The molecule has 0 saturated carbocycles. The predicted octanol–water partition coefficient (Wildman–Crippen LogP) is 4.64. The van der Waals surface area contributed by atoms with Crippen LogP contribution in [-0.4, -0.2) is 35.5 Å². The van der Waals surface area contributed by atoms with Crippen LogP contribution in [0.3, 0.4) is 0 Å². The van der Waals surface area contributed by atoms with Gasteiger partial charge in [-0.3, -0.25) is 0 Å². The summed E-state index contributed by atoms with van der Waals surface area (Å²) in [6, 6.07) is 4.38. The highest BCUT2D eigenvalue weighted by atomic mass is 16.5. The number of ether oxygens (including phenoxy) is 2. The number of methoxy groups -OCH3 is 1. The minimum atomic E-state index is -0.682. The van der Waals surface area contributed by atoms with E-state index in [1.54, 1.807) is 0 Å². The summed E-state index contributed by atoms with van der Waals surface area (Å²) in [6.07, 6.45) is 5.33. The highest BCUT2D eigenvalue weighted by molar-refractivity contribution is 5.90. The van der Waals surface area contributed by atoms with E-state index >= 15 is 0 Å². The molecule has 0 aromatic heterocycles. The number of hydrogen-bond acceptors (Lipinski definition) is 5. The van der Waals surface area contributed by atoms with Crippen molar-refractivity contribution in [3.8, 4) is 11.5 Å². The van der Waals surface area contributed by atoms with E-state index < -0.39 is 18.2 Å². The standard InChI is InChI=1S/C23H32O5/c1-14(2)22-19(25)11-15(3)7-6-8-16(4)12-21(22)28-23(26)17-9-10-18(24)20(13-17)27-5/h8-11,13-14,19,21-22,24-25H,6-7,12H2,1-5H3/b15-11+,16-8+/t19-,21+,22+/m0/s1. The molecular formula is C23H32O5. The van der Waals surface area contributed by atoms with Crippen LogP contribution in [0, 0.1) is 11.8 Å². The second-order valence-corrected chi connectivity index (χ2v) is 7.95. The Labute approximate surface area is 167 Å². The molecule has 1 aromatic rings. The molecule has 28 heavy (non-hydrogen) atoms. The van der Waals surface area contributed by atoms with E-state index in [-0.39, 0.29) is 23.3 Å². The number of phenolic OH excluding ortho intramolecular Hbond substituents is 1. The Morgan fingerprint density at radius 3 is 2.57 bits per heavy atom. The first-order valence-electron chi connectivity index (χ1n) is 9.82. The number of esters is 1. The van der Waals surface area contributed by atoms with Gasteiger partial charge in [-0.25, -0.2) is 4.79 Å². The summed E-state index contributed by atoms with van der Waals surface area (Å²) in [7, 11) is 1.43. The zero-order valence-electron chi connectivity index (χ0n) is 17.4. The number of allylic oxidation sites excluding steroid dienone is 2. The maximum Gasteiger partial charge on any atom is 0.338 e. The van der Waals surface area contributed by atoms with Crippen LogP contribution in [0.15, 0.2) is 41.5 Å². The van der Waals surface area contributed by atoms with Gasteiger partial charge in [-0.1, -0.05) is 37.1 Å². The van der Waals surface area contributed by atoms with Gasteiger partial charge in [0.05, 0.1) is 18.8 Å². The molecule has 0 amide bonds. The van der Waals surface area contributed by atoms with E-state index in [0.717, 1.165) is 24.0 Å². The third kappa shape index (κ3) is 5.61. The van der Waals surface area contributed by atoms with E-state index in [1.165, 1.54) is 25.3 Å². The molecule has 0 aliphatic heterocycles. The molecule has 0 bridgehead atoms. The van der Waals surface area contributed by atoms with Crippen LogP contribution in [0.2, 0.25) is 0 Å². The SMILES string of the molecule is COc1cc(C(=O)O[C@@H]2C/C(C)=C/CC/C(C)=C/[C@H](O)[C@H]2C(C)C)ccc1O. The quantitative estimate of drug-likeness (QED) is 0.581. The second-order valence-electron chi connectivity index (χ2n) is 7.95. The lowest BCUT2D eigenvalue weighted by Crippen LogP contribution is -2.38. The van der Waals surface area contributed by atoms with Crippen LogP contribution in [0.5, 0.6) is 11.5 Å². The summed E-state index contributed by atoms with van der Waals surface area (Å²) in [4.78, 5) is 12.8. The maximum atomic E-state index is 12.8. The number of carbonyl (C=O) groups is 1. The average Bonchev–Trinajstić information content (AvgIpc) is 2.61. The summed E-state index contributed by atoms with van der Waals surface area (Å²) in [5, 5.41) is 20.6. The molecule has 1 aliphatic carbocycles. The molecule has 0 fully saturated rings. The Bertz CT molecular complexity index is 747. The molecule has 1 aliphatic rings. The molecule has 3 atom stereocenters. The summed E-state index contributed by atoms with van der Waals surface area (Å²) >= 11 is 0. The summed E-state index contributed by atoms with van der Waals surface area (Å²) < 4.78 is 11.0. The largest absolute Gasteiger partial charge is 0.504 e. The number of rotatable bonds is 4. The van der Waals surface area contributed by atoms with Crippen molar-refractivity contribution in [3.63, 3.8) is 0 Å². The first-order chi connectivity index (χ1) is 13.2. The van der Waals surface area contributed by atoms with Gasteiger partial charge < -0.3 is 19.7 Å². The fraction of sp³-hybridized carbons (Fsp3) is 0.522. The van der Waals surface area contributed by atoms with Gasteiger partial charge in [0, 0.05) is 12.3 Å². The molecule has 0 heterocycles. The molecular weight excluding hydrogens is 356 g/mol. The molecule has 0 spiro atoms. The molecule has 2 N–H and O–H groups in total. The molecule has 1 aromatic carbocycles. The lowest BCUT2D eigenvalue weighted by molar-refractivity contribution is -0.0217. The molecule has 0 saturated heterocycles. The smallest absolute Gasteiger partial charge is 0.338 e. The molecule has 154 valence electrons. The zero-order valence-corrected chi connectivity index (χ0v) is 17.4. The minimum Gasteiger partial charge on any atom is -0.504 e. The Kier molecular flexibility index (Phi) is 7.69. The van der Waals surface area contributed by atoms with Crippen LogP contribution >= 0.6 is 0 Å². The third-order valence-electron chi connectivity index (χ3n) is 5.28. The molecule has 5 heteroatoms. The third-order valence-corrected chi connectivity index (χ3v) is 5.28. The summed E-state index contributed by atoms with van der Waals surface area (Å²) in [5.41, 5.74) is 2.59. The van der Waals surface area contributed by atoms with Crippen LogP contribution in [0.25, 0.3) is 0 Å². The van der Waals surface area contributed by atoms with Gasteiger partial charge in [0.15, 0.2) is 11.5 Å². The van der Waals surface area contributed by atoms with Crippen molar-refractivity contribution in [3.05, 3.63) is 47.1 Å². The molecule has 0 unspecified atom stereocenters. The van der Waals surface area contributed by atoms with Crippen molar-refractivity contribution in [1.29, 1.82) is 0 Å². The molecule has 2 rings (SSSR count). The van der Waals surface area contributed by atoms with E-state index in [4.69, 9.17) is 9.47 Å². The van der Waals surface area contributed by atoms with Gasteiger partial charge >= 0.3 is 5.97 Å². The van der Waals surface area contributed by atoms with Crippen LogP contribution in [0.1, 0.15) is 57.3 Å². The van der Waals surface area contributed by atoms with Gasteiger partial charge in [-0.2, -0.15) is 0 Å². The van der Waals surface area contributed by atoms with E-state index in [9.17, 15) is 15.0 Å². The van der Waals surface area contributed by atoms with Crippen molar-refractivity contribution >= 4 is 5.97 Å². The Balaban J connectivity index is 2.33. The second kappa shape index (κ2) is 9.78. The first kappa shape index (κ1) is 22.0. The molecule has 5 nitrogen and oxygen atoms in total. The highest BCUT2D eigenvalue weighted by Gasteiger charge is 2.33. The van der Waals surface area contributed by atoms with Crippen LogP contribution < -0.4 is 4.74 Å². The zero-order chi connectivity index (χ0) is 20.8. The van der Waals surface area contributed by atoms with Gasteiger partial charge in [-0.05, 0) is 50.8 Å². The topological polar surface area (TPSA) is 76.0 Å². The monoisotopic (exact) mass is 388 g/mol. The number of benzene rings is 1. The van der Waals surface area contributed by atoms with E-state index in [0.29, 0.717) is 12.0 Å². The lowest BCUT2D eigenvalue weighted by atomic mass is 9.81. The van der Waals surface area contributed by atoms with Gasteiger partial charge in [0.25, 0.3) is 0 Å². The Morgan fingerprint density at radius 2 is 1.93 bits per heavy atom. The Hall–Kier alpha value is -2.27. The first-order valence-corrected chi connectivity index (χ1v) is 9.82. The fourth-order valence-corrected chi connectivity index (χ4v) is 3.74. The predicted molar refractivity (Wildman–Crippen MR) is 110 cm³/mol. The number of phenols is 1. The molecule has 0 radical (unpaired) electrons. The van der Waals surface area contributed by atoms with Crippen molar-refractivity contribution in [1.82, 2.24) is 0 Å². The van der Waals surface area contributed by atoms with Crippen molar-refractivity contribution in [2.45, 2.75) is 59.2 Å². The normalized spacial score (nSPS) is 27.3. The van der Waals surface area contributed by atoms with Gasteiger partial charge in [0.1, 0.15) is 6.10 Å². The number of carbonyl (C=O) groups excluding carboxylic acids is 1. The van der Waals surface area contributed by atoms with E-state index in [2.05, 4.69) is 6.08 Å². The fourth-order valence-electron chi connectivity index (χ4n) is 3.74. The van der Waals surface area contributed by atoms with Crippen LogP contribution in [-0.2, 0) is 4.74 Å². The number of aliphatic hydroxyl groups excluding tert-OH is 1. The van der Waals surface area contributed by atoms with Crippen molar-refractivity contribution < 1.29 is 24.5 Å². The number of aromatic hydroxyl groups is 1. The van der Waals surface area contributed by atoms with Crippen LogP contribution in [0.4, 0.5) is 0 Å². The number of hydrogen-bond donors (Lipinski definition) is 2. The lowest BCUT2D eigenvalue weighted by Gasteiger charge is -2.33. The van der Waals surface area contributed by atoms with Gasteiger partial charge in [-0.15, -0.1) is 0 Å². The average molecular weight is 389 g/mol. The number of aliphatic hydroxyl groups is 1. The van der Waals surface area contributed by atoms with Gasteiger partial charge in [0.2, 0.25) is 0 Å². The minimum absolute atomic E-state index is 0.0346.